The van der Waals surface area contributed by atoms with E-state index in [4.69, 9.17) is 0 Å². The van der Waals surface area contributed by atoms with E-state index in [0.29, 0.717) is 43.1 Å². The molecule has 8 heteroatoms. The van der Waals surface area contributed by atoms with Crippen LogP contribution in [0.3, 0.4) is 0 Å². The lowest BCUT2D eigenvalue weighted by atomic mass is 10.1. The molecule has 0 atom stereocenters. The van der Waals surface area contributed by atoms with Gasteiger partial charge in [-0.2, -0.15) is 0 Å². The van der Waals surface area contributed by atoms with Crippen LogP contribution in [-0.4, -0.2) is 58.0 Å². The van der Waals surface area contributed by atoms with Crippen molar-refractivity contribution >= 4 is 29.1 Å². The van der Waals surface area contributed by atoms with Gasteiger partial charge in [-0.05, 0) is 49.7 Å². The number of hydrogen-bond acceptors (Lipinski definition) is 7. The van der Waals surface area contributed by atoms with Crippen molar-refractivity contribution in [2.45, 2.75) is 13.8 Å². The molecule has 0 unspecified atom stereocenters. The Labute approximate surface area is 180 Å². The number of ketones is 1. The Morgan fingerprint density at radius 1 is 0.839 bits per heavy atom. The fourth-order valence-electron chi connectivity index (χ4n) is 3.40. The first-order valence-electron chi connectivity index (χ1n) is 10.2. The summed E-state index contributed by atoms with van der Waals surface area (Å²) in [5, 5.41) is 11.7. The first kappa shape index (κ1) is 20.5. The van der Waals surface area contributed by atoms with Crippen LogP contribution in [0, 0.1) is 6.92 Å². The van der Waals surface area contributed by atoms with Crippen molar-refractivity contribution in [1.82, 2.24) is 20.1 Å². The van der Waals surface area contributed by atoms with Gasteiger partial charge >= 0.3 is 0 Å². The highest BCUT2D eigenvalue weighted by Gasteiger charge is 2.23. The zero-order valence-corrected chi connectivity index (χ0v) is 17.6. The number of hydrogen-bond donors (Lipinski definition) is 1. The van der Waals surface area contributed by atoms with Crippen molar-refractivity contribution in [2.75, 3.05) is 36.4 Å². The predicted molar refractivity (Wildman–Crippen MR) is 119 cm³/mol. The van der Waals surface area contributed by atoms with Crippen LogP contribution >= 0.6 is 0 Å². The Bertz CT molecular complexity index is 1060. The van der Waals surface area contributed by atoms with E-state index in [1.54, 1.807) is 30.5 Å². The number of piperazine rings is 1. The van der Waals surface area contributed by atoms with E-state index in [2.05, 4.69) is 25.4 Å². The van der Waals surface area contributed by atoms with Crippen molar-refractivity contribution < 1.29 is 9.59 Å². The average molecular weight is 416 g/mol. The monoisotopic (exact) mass is 416 g/mol. The Balaban J connectivity index is 1.33. The van der Waals surface area contributed by atoms with Crippen molar-refractivity contribution in [3.63, 3.8) is 0 Å². The molecule has 4 rings (SSSR count). The number of anilines is 3. The standard InChI is InChI=1S/C23H24N6O2/c1-16-3-8-20(24-15-16)25-21-9-10-22(27-26-21)28-11-13-29(14-12-28)23(31)19-6-4-18(5-7-19)17(2)30/h3-10,15H,11-14H2,1-2H3,(H,24,25,26). The van der Waals surface area contributed by atoms with Crippen LogP contribution in [0.5, 0.6) is 0 Å². The number of pyridine rings is 1. The molecule has 1 aliphatic rings. The second kappa shape index (κ2) is 8.91. The minimum atomic E-state index is -0.0222. The second-order valence-corrected chi connectivity index (χ2v) is 7.54. The van der Waals surface area contributed by atoms with Crippen LogP contribution in [0.4, 0.5) is 17.5 Å². The van der Waals surface area contributed by atoms with Gasteiger partial charge in [0.2, 0.25) is 0 Å². The first-order valence-corrected chi connectivity index (χ1v) is 10.2. The quantitative estimate of drug-likeness (QED) is 0.639. The minimum absolute atomic E-state index is 0.00919. The van der Waals surface area contributed by atoms with Gasteiger partial charge in [0.1, 0.15) is 5.82 Å². The van der Waals surface area contributed by atoms with E-state index in [0.717, 1.165) is 17.2 Å². The summed E-state index contributed by atoms with van der Waals surface area (Å²) in [6.07, 6.45) is 1.79. The van der Waals surface area contributed by atoms with Gasteiger partial charge in [-0.1, -0.05) is 18.2 Å². The molecule has 158 valence electrons. The predicted octanol–water partition coefficient (Wildman–Crippen LogP) is 3.09. The number of nitrogens with zero attached hydrogens (tertiary/aromatic N) is 5. The van der Waals surface area contributed by atoms with Crippen LogP contribution in [0.15, 0.2) is 54.7 Å². The van der Waals surface area contributed by atoms with E-state index in [-0.39, 0.29) is 11.7 Å². The Morgan fingerprint density at radius 2 is 1.52 bits per heavy atom. The second-order valence-electron chi connectivity index (χ2n) is 7.54. The Hall–Kier alpha value is -3.81. The van der Waals surface area contributed by atoms with Gasteiger partial charge in [0.25, 0.3) is 5.91 Å². The number of carbonyl (C=O) groups excluding carboxylic acids is 2. The summed E-state index contributed by atoms with van der Waals surface area (Å²) in [7, 11) is 0. The molecule has 1 aliphatic heterocycles. The molecule has 0 bridgehead atoms. The van der Waals surface area contributed by atoms with Crippen molar-refractivity contribution in [1.29, 1.82) is 0 Å². The number of nitrogens with one attached hydrogen (secondary N) is 1. The minimum Gasteiger partial charge on any atom is -0.352 e. The lowest BCUT2D eigenvalue weighted by Gasteiger charge is -2.35. The normalized spacial score (nSPS) is 13.7. The number of benzene rings is 1. The summed E-state index contributed by atoms with van der Waals surface area (Å²) >= 11 is 0. The third kappa shape index (κ3) is 4.85. The van der Waals surface area contributed by atoms with E-state index in [9.17, 15) is 9.59 Å². The smallest absolute Gasteiger partial charge is 0.253 e. The number of aromatic nitrogens is 3. The summed E-state index contributed by atoms with van der Waals surface area (Å²) < 4.78 is 0. The Kier molecular flexibility index (Phi) is 5.88. The van der Waals surface area contributed by atoms with Crippen molar-refractivity contribution in [2.24, 2.45) is 0 Å². The SMILES string of the molecule is CC(=O)c1ccc(C(=O)N2CCN(c3ccc(Nc4ccc(C)cn4)nn3)CC2)cc1. The van der Waals surface area contributed by atoms with Gasteiger partial charge in [0.05, 0.1) is 0 Å². The molecular weight excluding hydrogens is 392 g/mol. The van der Waals surface area contributed by atoms with Crippen LogP contribution in [0.1, 0.15) is 33.2 Å². The van der Waals surface area contributed by atoms with E-state index >= 15 is 0 Å². The number of carbonyl (C=O) groups is 2. The lowest BCUT2D eigenvalue weighted by Crippen LogP contribution is -2.49. The van der Waals surface area contributed by atoms with Crippen LogP contribution < -0.4 is 10.2 Å². The lowest BCUT2D eigenvalue weighted by molar-refractivity contribution is 0.0746. The maximum atomic E-state index is 12.7. The summed E-state index contributed by atoms with van der Waals surface area (Å²) in [5.41, 5.74) is 2.30. The highest BCUT2D eigenvalue weighted by atomic mass is 16.2. The third-order valence-corrected chi connectivity index (χ3v) is 5.25. The molecule has 1 N–H and O–H groups in total. The van der Waals surface area contributed by atoms with Gasteiger partial charge in [0.15, 0.2) is 17.4 Å². The molecule has 3 aromatic rings. The highest BCUT2D eigenvalue weighted by Crippen LogP contribution is 2.18. The van der Waals surface area contributed by atoms with Gasteiger partial charge in [-0.25, -0.2) is 4.98 Å². The van der Waals surface area contributed by atoms with Gasteiger partial charge < -0.3 is 15.1 Å². The van der Waals surface area contributed by atoms with Gasteiger partial charge in [-0.3, -0.25) is 9.59 Å². The van der Waals surface area contributed by atoms with E-state index < -0.39 is 0 Å². The third-order valence-electron chi connectivity index (χ3n) is 5.25. The maximum Gasteiger partial charge on any atom is 0.253 e. The largest absolute Gasteiger partial charge is 0.352 e. The Morgan fingerprint density at radius 3 is 2.10 bits per heavy atom. The molecule has 3 heterocycles. The fourth-order valence-corrected chi connectivity index (χ4v) is 3.40. The van der Waals surface area contributed by atoms with Crippen LogP contribution in [0.2, 0.25) is 0 Å². The zero-order valence-electron chi connectivity index (χ0n) is 17.6. The fraction of sp³-hybridized carbons (Fsp3) is 0.261. The number of Topliss-reactive ketones (excluding diaryl/α,β-unsaturated/α-hetero) is 1. The highest BCUT2D eigenvalue weighted by molar-refractivity contribution is 5.97. The first-order chi connectivity index (χ1) is 15.0. The molecule has 0 spiro atoms. The number of aryl methyl sites for hydroxylation is 1. The molecule has 31 heavy (non-hydrogen) atoms. The zero-order chi connectivity index (χ0) is 21.8. The summed E-state index contributed by atoms with van der Waals surface area (Å²) in [4.78, 5) is 32.4. The summed E-state index contributed by atoms with van der Waals surface area (Å²) in [6, 6.07) is 14.5. The molecule has 0 saturated carbocycles. The van der Waals surface area contributed by atoms with E-state index in [1.165, 1.54) is 6.92 Å². The van der Waals surface area contributed by atoms with Gasteiger partial charge in [0, 0.05) is 43.5 Å². The van der Waals surface area contributed by atoms with Gasteiger partial charge in [-0.15, -0.1) is 10.2 Å². The van der Waals surface area contributed by atoms with Crippen molar-refractivity contribution in [3.05, 3.63) is 71.4 Å². The molecular formula is C23H24N6O2. The molecule has 1 fully saturated rings. The maximum absolute atomic E-state index is 12.7. The summed E-state index contributed by atoms with van der Waals surface area (Å²) in [5.74, 6) is 2.09. The molecule has 1 amide bonds. The molecule has 2 aromatic heterocycles. The topological polar surface area (TPSA) is 91.3 Å². The molecule has 0 radical (unpaired) electrons. The average Bonchev–Trinajstić information content (AvgIpc) is 2.81. The molecule has 8 nitrogen and oxygen atoms in total. The number of rotatable bonds is 5. The number of amides is 1. The van der Waals surface area contributed by atoms with Crippen molar-refractivity contribution in [3.8, 4) is 0 Å². The molecule has 0 aliphatic carbocycles. The van der Waals surface area contributed by atoms with E-state index in [1.807, 2.05) is 36.1 Å². The molecule has 1 aromatic carbocycles. The summed E-state index contributed by atoms with van der Waals surface area (Å²) in [6.45, 7) is 6.06. The van der Waals surface area contributed by atoms with Crippen LogP contribution in [-0.2, 0) is 0 Å². The molecule has 1 saturated heterocycles. The van der Waals surface area contributed by atoms with Crippen LogP contribution in [0.25, 0.3) is 0 Å².